The number of ketones is 1. The fraction of sp³-hybridized carbons (Fsp3) is 0.419. The van der Waals surface area contributed by atoms with Gasteiger partial charge in [-0.15, -0.1) is 0 Å². The van der Waals surface area contributed by atoms with Crippen molar-refractivity contribution < 1.29 is 33.6 Å². The number of hydrogen-bond donors (Lipinski definition) is 1. The minimum atomic E-state index is -0.805. The number of rotatable bonds is 12. The van der Waals surface area contributed by atoms with E-state index in [0.29, 0.717) is 73.8 Å². The molecule has 2 aromatic rings. The highest BCUT2D eigenvalue weighted by Gasteiger charge is 2.46. The molecule has 1 amide bonds. The molecule has 0 saturated carbocycles. The summed E-state index contributed by atoms with van der Waals surface area (Å²) in [5.41, 5.74) is 1.08. The molecule has 2 aliphatic heterocycles. The molecule has 0 aliphatic carbocycles. The average molecular weight is 551 g/mol. The summed E-state index contributed by atoms with van der Waals surface area (Å²) in [4.78, 5) is 30.5. The predicted molar refractivity (Wildman–Crippen MR) is 152 cm³/mol. The van der Waals surface area contributed by atoms with Crippen molar-refractivity contribution in [1.82, 2.24) is 9.80 Å². The number of hydrogen-bond acceptors (Lipinski definition) is 8. The molecular weight excluding hydrogens is 512 g/mol. The lowest BCUT2D eigenvalue weighted by Crippen LogP contribution is -2.42. The summed E-state index contributed by atoms with van der Waals surface area (Å²) in [6.45, 7) is 12.3. The number of methoxy groups -OCH3 is 1. The molecule has 214 valence electrons. The molecule has 1 N–H and O–H groups in total. The van der Waals surface area contributed by atoms with Gasteiger partial charge >= 0.3 is 0 Å². The Bertz CT molecular complexity index is 1230. The zero-order valence-corrected chi connectivity index (χ0v) is 23.4. The van der Waals surface area contributed by atoms with E-state index in [-0.39, 0.29) is 11.3 Å². The molecule has 9 heteroatoms. The van der Waals surface area contributed by atoms with Crippen molar-refractivity contribution in [2.75, 3.05) is 59.7 Å². The Morgan fingerprint density at radius 2 is 1.80 bits per heavy atom. The minimum absolute atomic E-state index is 0.0321. The molecular formula is C31H38N2O7. The van der Waals surface area contributed by atoms with Gasteiger partial charge in [-0.1, -0.05) is 32.6 Å². The summed E-state index contributed by atoms with van der Waals surface area (Å²) >= 11 is 0. The summed E-state index contributed by atoms with van der Waals surface area (Å²) in [5.74, 6) is 0.370. The number of amides is 1. The Balaban J connectivity index is 1.72. The van der Waals surface area contributed by atoms with Crippen LogP contribution in [0.1, 0.15) is 31.0 Å². The van der Waals surface area contributed by atoms with Crippen LogP contribution < -0.4 is 14.2 Å². The monoisotopic (exact) mass is 550 g/mol. The highest BCUT2D eigenvalue weighted by molar-refractivity contribution is 6.46. The number of morpholine rings is 1. The summed E-state index contributed by atoms with van der Waals surface area (Å²) in [7, 11) is 1.53. The van der Waals surface area contributed by atoms with Crippen molar-refractivity contribution >= 4 is 17.4 Å². The number of Topliss-reactive ketones (excluding diaryl/α,β-unsaturated/α-hetero) is 1. The molecule has 9 nitrogen and oxygen atoms in total. The molecule has 2 fully saturated rings. The Hall–Kier alpha value is -3.82. The number of ether oxygens (including phenoxy) is 4. The second-order valence-electron chi connectivity index (χ2n) is 10.2. The maximum atomic E-state index is 13.4. The predicted octanol–water partition coefficient (Wildman–Crippen LogP) is 4.05. The van der Waals surface area contributed by atoms with Crippen molar-refractivity contribution in [3.05, 3.63) is 71.8 Å². The number of carbonyl (C=O) groups excluding carboxylic acids is 2. The maximum Gasteiger partial charge on any atom is 0.295 e. The number of aliphatic hydroxyl groups is 1. The van der Waals surface area contributed by atoms with E-state index in [1.165, 1.54) is 12.0 Å². The average Bonchev–Trinajstić information content (AvgIpc) is 3.23. The lowest BCUT2D eigenvalue weighted by Gasteiger charge is -2.31. The van der Waals surface area contributed by atoms with E-state index >= 15 is 0 Å². The number of benzene rings is 2. The number of nitrogens with zero attached hydrogens (tertiary/aromatic N) is 2. The fourth-order valence-electron chi connectivity index (χ4n) is 4.78. The van der Waals surface area contributed by atoms with E-state index < -0.39 is 17.7 Å². The lowest BCUT2D eigenvalue weighted by molar-refractivity contribution is -0.140. The molecule has 40 heavy (non-hydrogen) atoms. The van der Waals surface area contributed by atoms with Crippen LogP contribution in [0.3, 0.4) is 0 Å². The van der Waals surface area contributed by atoms with Crippen molar-refractivity contribution in [3.63, 3.8) is 0 Å². The van der Waals surface area contributed by atoms with E-state index in [9.17, 15) is 14.7 Å². The van der Waals surface area contributed by atoms with Crippen molar-refractivity contribution in [2.24, 2.45) is 5.92 Å². The molecule has 2 aromatic carbocycles. The molecule has 2 saturated heterocycles. The van der Waals surface area contributed by atoms with Gasteiger partial charge in [0.25, 0.3) is 11.7 Å². The highest BCUT2D eigenvalue weighted by atomic mass is 16.5. The van der Waals surface area contributed by atoms with Crippen LogP contribution in [0, 0.1) is 5.92 Å². The first-order chi connectivity index (χ1) is 19.3. The van der Waals surface area contributed by atoms with Gasteiger partial charge < -0.3 is 29.0 Å². The van der Waals surface area contributed by atoms with Crippen LogP contribution in [0.25, 0.3) is 5.76 Å². The zero-order chi connectivity index (χ0) is 28.6. The Kier molecular flexibility index (Phi) is 9.84. The van der Waals surface area contributed by atoms with E-state index in [2.05, 4.69) is 25.3 Å². The van der Waals surface area contributed by atoms with Gasteiger partial charge in [-0.05, 0) is 47.9 Å². The van der Waals surface area contributed by atoms with E-state index in [1.807, 2.05) is 0 Å². The highest BCUT2D eigenvalue weighted by Crippen LogP contribution is 2.42. The number of aliphatic hydroxyl groups excluding tert-OH is 1. The molecule has 2 heterocycles. The summed E-state index contributed by atoms with van der Waals surface area (Å²) < 4.78 is 22.5. The first-order valence-electron chi connectivity index (χ1n) is 13.6. The van der Waals surface area contributed by atoms with Crippen LogP contribution in [0.5, 0.6) is 17.2 Å². The maximum absolute atomic E-state index is 13.4. The minimum Gasteiger partial charge on any atom is -0.507 e. The fourth-order valence-corrected chi connectivity index (χ4v) is 4.78. The standard InChI is InChI=1S/C31H38N2O7/c1-5-16-39-25-11-8-23(19-26(25)37-4)28-27(29(34)22-6-9-24(10-7-22)40-20-21(2)3)30(35)31(36)33(28)13-12-32-14-17-38-18-15-32/h5-11,19,21,28,34H,1,12-18,20H2,2-4H3. The Morgan fingerprint density at radius 1 is 1.07 bits per heavy atom. The quantitative estimate of drug-likeness (QED) is 0.183. The number of likely N-dealkylation sites (tertiary alicyclic amines) is 1. The molecule has 0 radical (unpaired) electrons. The molecule has 4 rings (SSSR count). The van der Waals surface area contributed by atoms with Crippen molar-refractivity contribution in [1.29, 1.82) is 0 Å². The van der Waals surface area contributed by atoms with Crippen molar-refractivity contribution in [3.8, 4) is 17.2 Å². The topological polar surface area (TPSA) is 97.8 Å². The Morgan fingerprint density at radius 3 is 2.45 bits per heavy atom. The SMILES string of the molecule is C=CCOc1ccc(C2C(=C(O)c3ccc(OCC(C)C)cc3)C(=O)C(=O)N2CCN2CCOCC2)cc1OC. The molecule has 0 bridgehead atoms. The molecule has 0 aromatic heterocycles. The largest absolute Gasteiger partial charge is 0.507 e. The summed E-state index contributed by atoms with van der Waals surface area (Å²) in [6.07, 6.45) is 1.63. The van der Waals surface area contributed by atoms with Crippen LogP contribution in [-0.2, 0) is 14.3 Å². The Labute approximate surface area is 235 Å². The lowest BCUT2D eigenvalue weighted by atomic mass is 9.95. The molecule has 1 unspecified atom stereocenters. The summed E-state index contributed by atoms with van der Waals surface area (Å²) in [5, 5.41) is 11.4. The molecule has 0 spiro atoms. The number of carbonyl (C=O) groups is 2. The third-order valence-electron chi connectivity index (χ3n) is 6.87. The normalized spacial score (nSPS) is 19.2. The molecule has 1 atom stereocenters. The molecule has 2 aliphatic rings. The zero-order valence-electron chi connectivity index (χ0n) is 23.4. The van der Waals surface area contributed by atoms with Crippen LogP contribution >= 0.6 is 0 Å². The first-order valence-corrected chi connectivity index (χ1v) is 13.6. The second-order valence-corrected chi connectivity index (χ2v) is 10.2. The van der Waals surface area contributed by atoms with Crippen molar-refractivity contribution in [2.45, 2.75) is 19.9 Å². The van der Waals surface area contributed by atoms with Gasteiger partial charge in [-0.3, -0.25) is 14.5 Å². The third kappa shape index (κ3) is 6.66. The van der Waals surface area contributed by atoms with Crippen LogP contribution in [0.4, 0.5) is 0 Å². The second kappa shape index (κ2) is 13.5. The van der Waals surface area contributed by atoms with Crippen LogP contribution in [0.2, 0.25) is 0 Å². The van der Waals surface area contributed by atoms with Gasteiger partial charge in [-0.25, -0.2) is 0 Å². The van der Waals surface area contributed by atoms with Gasteiger partial charge in [0.15, 0.2) is 11.5 Å². The van der Waals surface area contributed by atoms with E-state index in [4.69, 9.17) is 18.9 Å². The van der Waals surface area contributed by atoms with Gasteiger partial charge in [0.05, 0.1) is 38.5 Å². The third-order valence-corrected chi connectivity index (χ3v) is 6.87. The van der Waals surface area contributed by atoms with Gasteiger partial charge in [0.2, 0.25) is 0 Å². The first kappa shape index (κ1) is 29.2. The smallest absolute Gasteiger partial charge is 0.295 e. The van der Waals surface area contributed by atoms with E-state index in [1.54, 1.807) is 48.5 Å². The van der Waals surface area contributed by atoms with Gasteiger partial charge in [-0.2, -0.15) is 0 Å². The van der Waals surface area contributed by atoms with Gasteiger partial charge in [0, 0.05) is 31.7 Å². The summed E-state index contributed by atoms with van der Waals surface area (Å²) in [6, 6.07) is 11.3. The van der Waals surface area contributed by atoms with Crippen LogP contribution in [0.15, 0.2) is 60.7 Å². The van der Waals surface area contributed by atoms with Gasteiger partial charge in [0.1, 0.15) is 18.1 Å². The van der Waals surface area contributed by atoms with E-state index in [0.717, 1.165) is 13.1 Å². The van der Waals surface area contributed by atoms with Crippen LogP contribution in [-0.4, -0.2) is 86.3 Å².